The molecule has 2 N–H and O–H groups in total. The summed E-state index contributed by atoms with van der Waals surface area (Å²) in [6, 6.07) is 11.4. The van der Waals surface area contributed by atoms with Crippen LogP contribution in [-0.4, -0.2) is 38.0 Å². The van der Waals surface area contributed by atoms with Gasteiger partial charge in [0.1, 0.15) is 11.6 Å². The second-order valence-corrected chi connectivity index (χ2v) is 5.54. The predicted molar refractivity (Wildman–Crippen MR) is 95.8 cm³/mol. The number of hydrogen-bond acceptors (Lipinski definition) is 5. The van der Waals surface area contributed by atoms with E-state index >= 15 is 0 Å². The fraction of sp³-hybridized carbons (Fsp3) is 0.211. The molecule has 2 amide bonds. The molecule has 0 heterocycles. The largest absolute Gasteiger partial charge is 0.497 e. The standard InChI is InChI=1S/C19H19FN2O5/c1-26-16-8-2-13(3-9-16)19(25)27-12-18(24)22(11-10-17(21)23)15-6-4-14(20)5-7-15/h2-9H,10-12H2,1H3,(H2,21,23). The minimum absolute atomic E-state index is 0.0140. The zero-order valence-corrected chi connectivity index (χ0v) is 14.7. The number of primary amides is 1. The van der Waals surface area contributed by atoms with Crippen LogP contribution < -0.4 is 15.4 Å². The molecule has 0 fully saturated rings. The fourth-order valence-electron chi connectivity index (χ4n) is 2.26. The Morgan fingerprint density at radius 2 is 1.67 bits per heavy atom. The van der Waals surface area contributed by atoms with Crippen molar-refractivity contribution < 1.29 is 28.2 Å². The molecule has 7 nitrogen and oxygen atoms in total. The zero-order valence-electron chi connectivity index (χ0n) is 14.7. The van der Waals surface area contributed by atoms with Gasteiger partial charge in [-0.2, -0.15) is 0 Å². The van der Waals surface area contributed by atoms with E-state index < -0.39 is 30.2 Å². The van der Waals surface area contributed by atoms with E-state index in [0.717, 1.165) is 0 Å². The number of carbonyl (C=O) groups is 3. The van der Waals surface area contributed by atoms with Crippen LogP contribution in [0.1, 0.15) is 16.8 Å². The number of rotatable bonds is 8. The molecule has 0 aromatic heterocycles. The van der Waals surface area contributed by atoms with E-state index in [1.165, 1.54) is 48.4 Å². The highest BCUT2D eigenvalue weighted by Gasteiger charge is 2.19. The summed E-state index contributed by atoms with van der Waals surface area (Å²) in [4.78, 5) is 36.8. The molecule has 2 aromatic rings. The molecular weight excluding hydrogens is 355 g/mol. The fourth-order valence-corrected chi connectivity index (χ4v) is 2.26. The highest BCUT2D eigenvalue weighted by Crippen LogP contribution is 2.16. The van der Waals surface area contributed by atoms with Crippen LogP contribution in [-0.2, 0) is 14.3 Å². The van der Waals surface area contributed by atoms with Crippen molar-refractivity contribution in [2.24, 2.45) is 5.73 Å². The summed E-state index contributed by atoms with van der Waals surface area (Å²) in [6.45, 7) is -0.555. The average Bonchev–Trinajstić information content (AvgIpc) is 2.67. The van der Waals surface area contributed by atoms with Gasteiger partial charge in [0, 0.05) is 18.7 Å². The van der Waals surface area contributed by atoms with Crippen LogP contribution in [0.15, 0.2) is 48.5 Å². The van der Waals surface area contributed by atoms with E-state index in [1.54, 1.807) is 12.1 Å². The summed E-state index contributed by atoms with van der Waals surface area (Å²) in [5, 5.41) is 0. The van der Waals surface area contributed by atoms with Crippen LogP contribution >= 0.6 is 0 Å². The van der Waals surface area contributed by atoms with Crippen LogP contribution in [0.2, 0.25) is 0 Å². The number of amides is 2. The molecule has 0 unspecified atom stereocenters. The number of nitrogens with zero attached hydrogens (tertiary/aromatic N) is 1. The average molecular weight is 374 g/mol. The summed E-state index contributed by atoms with van der Waals surface area (Å²) >= 11 is 0. The van der Waals surface area contributed by atoms with Crippen molar-refractivity contribution in [3.05, 3.63) is 59.9 Å². The van der Waals surface area contributed by atoms with Gasteiger partial charge in [0.15, 0.2) is 6.61 Å². The van der Waals surface area contributed by atoms with E-state index in [1.807, 2.05) is 0 Å². The number of ether oxygens (including phenoxy) is 2. The van der Waals surface area contributed by atoms with E-state index in [2.05, 4.69) is 0 Å². The Hall–Kier alpha value is -3.42. The summed E-state index contributed by atoms with van der Waals surface area (Å²) in [7, 11) is 1.50. The maximum atomic E-state index is 13.1. The Bertz CT molecular complexity index is 806. The van der Waals surface area contributed by atoms with Gasteiger partial charge in [-0.15, -0.1) is 0 Å². The van der Waals surface area contributed by atoms with Gasteiger partial charge in [-0.05, 0) is 48.5 Å². The number of benzene rings is 2. The Labute approximate surface area is 155 Å². The van der Waals surface area contributed by atoms with Crippen LogP contribution in [0.5, 0.6) is 5.75 Å². The number of esters is 1. The zero-order chi connectivity index (χ0) is 19.8. The van der Waals surface area contributed by atoms with Crippen LogP contribution in [0.25, 0.3) is 0 Å². The maximum absolute atomic E-state index is 13.1. The van der Waals surface area contributed by atoms with Gasteiger partial charge in [-0.3, -0.25) is 9.59 Å². The van der Waals surface area contributed by atoms with E-state index in [4.69, 9.17) is 15.2 Å². The molecule has 0 spiro atoms. The molecule has 0 radical (unpaired) electrons. The van der Waals surface area contributed by atoms with Gasteiger partial charge in [0.05, 0.1) is 12.7 Å². The van der Waals surface area contributed by atoms with E-state index in [-0.39, 0.29) is 18.5 Å². The summed E-state index contributed by atoms with van der Waals surface area (Å²) < 4.78 is 23.1. The van der Waals surface area contributed by atoms with Crippen molar-refractivity contribution in [3.63, 3.8) is 0 Å². The van der Waals surface area contributed by atoms with E-state index in [0.29, 0.717) is 11.4 Å². The quantitative estimate of drug-likeness (QED) is 0.712. The lowest BCUT2D eigenvalue weighted by Gasteiger charge is -2.22. The molecule has 142 valence electrons. The lowest BCUT2D eigenvalue weighted by molar-refractivity contribution is -0.121. The molecule has 2 aromatic carbocycles. The number of anilines is 1. The molecule has 0 bridgehead atoms. The van der Waals surface area contributed by atoms with Crippen molar-refractivity contribution in [1.29, 1.82) is 0 Å². The Balaban J connectivity index is 2.04. The molecule has 0 aliphatic heterocycles. The first-order valence-corrected chi connectivity index (χ1v) is 8.06. The smallest absolute Gasteiger partial charge is 0.338 e. The molecular formula is C19H19FN2O5. The second-order valence-electron chi connectivity index (χ2n) is 5.54. The van der Waals surface area contributed by atoms with Gasteiger partial charge in [0.25, 0.3) is 5.91 Å². The lowest BCUT2D eigenvalue weighted by atomic mass is 10.2. The molecule has 0 aliphatic rings. The number of halogens is 1. The normalized spacial score (nSPS) is 10.1. The topological polar surface area (TPSA) is 98.9 Å². The molecule has 0 aliphatic carbocycles. The highest BCUT2D eigenvalue weighted by molar-refractivity contribution is 5.97. The third kappa shape index (κ3) is 5.81. The van der Waals surface area contributed by atoms with E-state index in [9.17, 15) is 18.8 Å². The third-order valence-corrected chi connectivity index (χ3v) is 3.67. The SMILES string of the molecule is COc1ccc(C(=O)OCC(=O)N(CCC(N)=O)c2ccc(F)cc2)cc1. The van der Waals surface area contributed by atoms with Crippen LogP contribution in [0.3, 0.4) is 0 Å². The molecule has 27 heavy (non-hydrogen) atoms. The van der Waals surface area contributed by atoms with Crippen molar-refractivity contribution in [1.82, 2.24) is 0 Å². The number of hydrogen-bond donors (Lipinski definition) is 1. The molecule has 0 atom stereocenters. The highest BCUT2D eigenvalue weighted by atomic mass is 19.1. The van der Waals surface area contributed by atoms with Gasteiger partial charge < -0.3 is 20.1 Å². The predicted octanol–water partition coefficient (Wildman–Crippen LogP) is 1.90. The summed E-state index contributed by atoms with van der Waals surface area (Å²) in [6.07, 6.45) is -0.0878. The summed E-state index contributed by atoms with van der Waals surface area (Å²) in [5.74, 6) is -1.72. The van der Waals surface area contributed by atoms with Gasteiger partial charge in [-0.25, -0.2) is 9.18 Å². The van der Waals surface area contributed by atoms with Gasteiger partial charge in [-0.1, -0.05) is 0 Å². The number of methoxy groups -OCH3 is 1. The van der Waals surface area contributed by atoms with Crippen molar-refractivity contribution >= 4 is 23.5 Å². The molecule has 2 rings (SSSR count). The number of carbonyl (C=O) groups excluding carboxylic acids is 3. The minimum Gasteiger partial charge on any atom is -0.497 e. The molecule has 8 heteroatoms. The third-order valence-electron chi connectivity index (χ3n) is 3.67. The minimum atomic E-state index is -0.681. The lowest BCUT2D eigenvalue weighted by Crippen LogP contribution is -2.37. The van der Waals surface area contributed by atoms with Gasteiger partial charge in [0.2, 0.25) is 5.91 Å². The second kappa shape index (κ2) is 9.33. The van der Waals surface area contributed by atoms with Crippen LogP contribution in [0.4, 0.5) is 10.1 Å². The Morgan fingerprint density at radius 1 is 1.04 bits per heavy atom. The first-order valence-electron chi connectivity index (χ1n) is 8.06. The first-order chi connectivity index (χ1) is 12.9. The van der Waals surface area contributed by atoms with Crippen molar-refractivity contribution in [2.75, 3.05) is 25.2 Å². The Morgan fingerprint density at radius 3 is 2.22 bits per heavy atom. The summed E-state index contributed by atoms with van der Waals surface area (Å²) in [5.41, 5.74) is 5.75. The number of nitrogens with two attached hydrogens (primary N) is 1. The molecule has 0 saturated heterocycles. The monoisotopic (exact) mass is 374 g/mol. The van der Waals surface area contributed by atoms with Crippen LogP contribution in [0, 0.1) is 5.82 Å². The molecule has 0 saturated carbocycles. The van der Waals surface area contributed by atoms with Gasteiger partial charge >= 0.3 is 5.97 Å². The van der Waals surface area contributed by atoms with Crippen molar-refractivity contribution in [2.45, 2.75) is 6.42 Å². The Kier molecular flexibility index (Phi) is 6.87. The first kappa shape index (κ1) is 19.9. The van der Waals surface area contributed by atoms with Crippen molar-refractivity contribution in [3.8, 4) is 5.75 Å². The maximum Gasteiger partial charge on any atom is 0.338 e.